The molecule has 11 heteroatoms. The first-order valence-corrected chi connectivity index (χ1v) is 12.4. The first kappa shape index (κ1) is 27.7. The molecule has 2 aliphatic heterocycles. The summed E-state index contributed by atoms with van der Waals surface area (Å²) in [5.41, 5.74) is -0.632. The first-order valence-electron chi connectivity index (χ1n) is 12.4. The van der Waals surface area contributed by atoms with Crippen LogP contribution in [0.3, 0.4) is 0 Å². The fourth-order valence-electron chi connectivity index (χ4n) is 5.19. The summed E-state index contributed by atoms with van der Waals surface area (Å²) in [6.45, 7) is 13.3. The number of nitrogens with one attached hydrogen (secondary N) is 2. The molecule has 2 N–H and O–H groups in total. The third kappa shape index (κ3) is 5.19. The normalized spacial score (nSPS) is 20.7. The van der Waals surface area contributed by atoms with Crippen molar-refractivity contribution in [3.05, 3.63) is 71.1 Å². The van der Waals surface area contributed by atoms with Gasteiger partial charge in [-0.05, 0) is 35.6 Å². The lowest BCUT2D eigenvalue weighted by molar-refractivity contribution is -0.150. The Morgan fingerprint density at radius 2 is 1.92 bits per heavy atom. The van der Waals surface area contributed by atoms with E-state index in [-0.39, 0.29) is 31.0 Å². The van der Waals surface area contributed by atoms with Crippen LogP contribution >= 0.6 is 0 Å². The number of halogens is 2. The number of likely N-dealkylation sites (N-methyl/N-ethyl adjacent to an activating group) is 1. The Morgan fingerprint density at radius 3 is 2.56 bits per heavy atom. The quantitative estimate of drug-likeness (QED) is 0.460. The maximum absolute atomic E-state index is 14.1. The molecule has 2 heterocycles. The van der Waals surface area contributed by atoms with Crippen molar-refractivity contribution in [2.75, 3.05) is 24.2 Å². The second-order valence-electron chi connectivity index (χ2n) is 11.1. The summed E-state index contributed by atoms with van der Waals surface area (Å²) in [6, 6.07) is 8.47. The number of likely N-dealkylation sites (tertiary alicyclic amines) is 1. The van der Waals surface area contributed by atoms with Gasteiger partial charge in [0.05, 0.1) is 12.1 Å². The lowest BCUT2D eigenvalue weighted by atomic mass is 9.80. The Morgan fingerprint density at radius 1 is 1.23 bits per heavy atom. The zero-order valence-electron chi connectivity index (χ0n) is 22.0. The van der Waals surface area contributed by atoms with E-state index in [1.165, 1.54) is 11.9 Å². The molecule has 4 amide bonds. The number of amides is 4. The van der Waals surface area contributed by atoms with Gasteiger partial charge < -0.3 is 15.5 Å². The van der Waals surface area contributed by atoms with Gasteiger partial charge in [0.2, 0.25) is 5.91 Å². The van der Waals surface area contributed by atoms with Gasteiger partial charge in [0, 0.05) is 25.3 Å². The maximum Gasteiger partial charge on any atom is 0.313 e. The lowest BCUT2D eigenvalue weighted by Crippen LogP contribution is -2.54. The summed E-state index contributed by atoms with van der Waals surface area (Å²) in [5.74, 6) is -5.10. The third-order valence-electron chi connectivity index (χ3n) is 7.14. The molecule has 0 unspecified atom stereocenters. The van der Waals surface area contributed by atoms with Crippen LogP contribution in [-0.4, -0.2) is 59.2 Å². The van der Waals surface area contributed by atoms with Gasteiger partial charge in [-0.1, -0.05) is 39.0 Å². The summed E-state index contributed by atoms with van der Waals surface area (Å²) in [5, 5.41) is 4.96. The maximum atomic E-state index is 14.1. The number of carbonyl (C=O) groups excluding carboxylic acids is 4. The van der Waals surface area contributed by atoms with Crippen molar-refractivity contribution < 1.29 is 28.0 Å². The Hall–Kier alpha value is -4.33. The van der Waals surface area contributed by atoms with E-state index < -0.39 is 52.4 Å². The monoisotopic (exact) mass is 537 g/mol. The second kappa shape index (κ2) is 10.1. The van der Waals surface area contributed by atoms with Gasteiger partial charge in [-0.15, -0.1) is 0 Å². The molecule has 204 valence electrons. The van der Waals surface area contributed by atoms with E-state index in [9.17, 15) is 28.0 Å². The van der Waals surface area contributed by atoms with Crippen molar-refractivity contribution in [2.45, 2.75) is 51.2 Å². The molecule has 1 saturated heterocycles. The summed E-state index contributed by atoms with van der Waals surface area (Å²) in [7, 11) is 1.29. The SMILES string of the molecule is [C-]#[N+][C@@H]1C[C@@]2(CN1C(=O)[C@H](CC(C)(C)C)N(C)C(=O)C(=O)Nc1ccc(F)cc1F)C(=O)Nc1ccccc12. The molecule has 9 nitrogen and oxygen atoms in total. The smallest absolute Gasteiger partial charge is 0.313 e. The van der Waals surface area contributed by atoms with E-state index in [0.717, 1.165) is 17.0 Å². The molecule has 1 fully saturated rings. The molecular weight excluding hydrogens is 508 g/mol. The predicted octanol–water partition coefficient (Wildman–Crippen LogP) is 3.53. The van der Waals surface area contributed by atoms with Crippen LogP contribution in [0.5, 0.6) is 0 Å². The van der Waals surface area contributed by atoms with Crippen molar-refractivity contribution in [3.63, 3.8) is 0 Å². The lowest BCUT2D eigenvalue weighted by Gasteiger charge is -2.34. The van der Waals surface area contributed by atoms with Crippen LogP contribution in [0.4, 0.5) is 20.2 Å². The molecule has 4 rings (SSSR count). The van der Waals surface area contributed by atoms with Crippen LogP contribution in [-0.2, 0) is 24.6 Å². The molecule has 0 bridgehead atoms. The van der Waals surface area contributed by atoms with Gasteiger partial charge in [-0.2, -0.15) is 0 Å². The van der Waals surface area contributed by atoms with Crippen LogP contribution in [0.2, 0.25) is 0 Å². The summed E-state index contributed by atoms with van der Waals surface area (Å²) in [6.07, 6.45) is -0.721. The van der Waals surface area contributed by atoms with E-state index in [1.807, 2.05) is 20.8 Å². The molecule has 2 aliphatic rings. The number of fused-ring (bicyclic) bond motifs is 2. The molecule has 2 aromatic rings. The van der Waals surface area contributed by atoms with Gasteiger partial charge in [0.25, 0.3) is 5.91 Å². The van der Waals surface area contributed by atoms with E-state index >= 15 is 0 Å². The highest BCUT2D eigenvalue weighted by atomic mass is 19.1. The second-order valence-corrected chi connectivity index (χ2v) is 11.1. The largest absolute Gasteiger partial charge is 0.325 e. The zero-order chi connectivity index (χ0) is 28.7. The van der Waals surface area contributed by atoms with Crippen LogP contribution in [0.15, 0.2) is 42.5 Å². The highest BCUT2D eigenvalue weighted by Crippen LogP contribution is 2.47. The van der Waals surface area contributed by atoms with Crippen molar-refractivity contribution >= 4 is 35.0 Å². The number of hydrogen-bond acceptors (Lipinski definition) is 4. The zero-order valence-corrected chi connectivity index (χ0v) is 22.0. The molecule has 39 heavy (non-hydrogen) atoms. The number of hydrogen-bond donors (Lipinski definition) is 2. The van der Waals surface area contributed by atoms with Crippen LogP contribution in [0.1, 0.15) is 39.2 Å². The number of carbonyl (C=O) groups is 4. The van der Waals surface area contributed by atoms with Gasteiger partial charge in [0.1, 0.15) is 23.1 Å². The van der Waals surface area contributed by atoms with Crippen LogP contribution < -0.4 is 10.6 Å². The summed E-state index contributed by atoms with van der Waals surface area (Å²) < 4.78 is 27.3. The first-order chi connectivity index (χ1) is 18.3. The summed E-state index contributed by atoms with van der Waals surface area (Å²) >= 11 is 0. The van der Waals surface area contributed by atoms with Crippen molar-refractivity contribution in [1.82, 2.24) is 9.80 Å². The molecular formula is C28H29F2N5O4. The number of nitrogens with zero attached hydrogens (tertiary/aromatic N) is 3. The topological polar surface area (TPSA) is 103 Å². The molecule has 2 aromatic carbocycles. The van der Waals surface area contributed by atoms with Gasteiger partial charge >= 0.3 is 18.0 Å². The molecule has 0 aromatic heterocycles. The number of benzene rings is 2. The average molecular weight is 538 g/mol. The van der Waals surface area contributed by atoms with Gasteiger partial charge in [-0.25, -0.2) is 15.4 Å². The minimum absolute atomic E-state index is 0.0581. The van der Waals surface area contributed by atoms with E-state index in [0.29, 0.717) is 17.3 Å². The fraction of sp³-hybridized carbons (Fsp3) is 0.393. The van der Waals surface area contributed by atoms with Gasteiger partial charge in [0.15, 0.2) is 0 Å². The molecule has 0 saturated carbocycles. The Bertz CT molecular complexity index is 1400. The fourth-order valence-corrected chi connectivity index (χ4v) is 5.19. The average Bonchev–Trinajstić information content (AvgIpc) is 3.40. The third-order valence-corrected chi connectivity index (χ3v) is 7.14. The Labute approximate surface area is 225 Å². The van der Waals surface area contributed by atoms with E-state index in [1.54, 1.807) is 24.3 Å². The standard InChI is InChI=1S/C28H29F2N5O4/c1-27(2,3)13-21(34(5)25(38)23(36)32-20-11-10-16(29)12-18(20)30)24(37)35-15-28(14-22(35)31-4)17-8-6-7-9-19(17)33-26(28)39/h6-12,21-22H,13-15H2,1-3,5H3,(H,32,36)(H,33,39)/t21-,22-,28-/m0/s1. The van der Waals surface area contributed by atoms with E-state index in [2.05, 4.69) is 15.5 Å². The minimum atomic E-state index is -1.21. The summed E-state index contributed by atoms with van der Waals surface area (Å²) in [4.78, 5) is 58.8. The van der Waals surface area contributed by atoms with Crippen molar-refractivity contribution in [1.29, 1.82) is 0 Å². The number of rotatable bonds is 4. The van der Waals surface area contributed by atoms with Crippen LogP contribution in [0.25, 0.3) is 4.85 Å². The van der Waals surface area contributed by atoms with E-state index in [4.69, 9.17) is 6.57 Å². The predicted molar refractivity (Wildman–Crippen MR) is 139 cm³/mol. The van der Waals surface area contributed by atoms with Crippen molar-refractivity contribution in [2.24, 2.45) is 5.41 Å². The Balaban J connectivity index is 1.61. The molecule has 0 radical (unpaired) electrons. The number of anilines is 2. The van der Waals surface area contributed by atoms with Crippen LogP contribution in [0, 0.1) is 23.6 Å². The minimum Gasteiger partial charge on any atom is -0.325 e. The Kier molecular flexibility index (Phi) is 7.17. The van der Waals surface area contributed by atoms with Crippen molar-refractivity contribution in [3.8, 4) is 0 Å². The highest BCUT2D eigenvalue weighted by Gasteiger charge is 2.59. The molecule has 1 spiro atoms. The number of para-hydroxylation sites is 1. The molecule has 3 atom stereocenters. The highest BCUT2D eigenvalue weighted by molar-refractivity contribution is 6.39. The molecule has 0 aliphatic carbocycles. The van der Waals surface area contributed by atoms with Gasteiger partial charge in [-0.3, -0.25) is 28.9 Å².